The first kappa shape index (κ1) is 14.2. The molecule has 0 radical (unpaired) electrons. The first-order chi connectivity index (χ1) is 9.02. The number of halogens is 1. The molecule has 0 saturated carbocycles. The van der Waals surface area contributed by atoms with Crippen LogP contribution < -0.4 is 5.73 Å². The molecule has 0 bridgehead atoms. The molecular formula is C15H18BrN3. The van der Waals surface area contributed by atoms with E-state index in [1.807, 2.05) is 56.6 Å². The summed E-state index contributed by atoms with van der Waals surface area (Å²) in [6.45, 7) is 0.700. The van der Waals surface area contributed by atoms with E-state index in [2.05, 4.69) is 25.8 Å². The molecule has 100 valence electrons. The predicted octanol–water partition coefficient (Wildman–Crippen LogP) is 2.61. The molecule has 1 aromatic carbocycles. The number of rotatable bonds is 4. The van der Waals surface area contributed by atoms with Crippen molar-refractivity contribution in [2.24, 2.45) is 5.73 Å². The van der Waals surface area contributed by atoms with Crippen molar-refractivity contribution in [3.63, 3.8) is 0 Å². The Hall–Kier alpha value is -1.23. The SMILES string of the molecule is CN(C)CC(N)(c1ccc(Br)cc1)c1ccccn1. The topological polar surface area (TPSA) is 42.1 Å². The highest BCUT2D eigenvalue weighted by molar-refractivity contribution is 9.10. The van der Waals surface area contributed by atoms with Crippen LogP contribution in [0.4, 0.5) is 0 Å². The number of hydrogen-bond acceptors (Lipinski definition) is 3. The third-order valence-electron chi connectivity index (χ3n) is 3.05. The molecule has 19 heavy (non-hydrogen) atoms. The summed E-state index contributed by atoms with van der Waals surface area (Å²) in [5.74, 6) is 0. The van der Waals surface area contributed by atoms with Gasteiger partial charge in [-0.25, -0.2) is 0 Å². The first-order valence-electron chi connectivity index (χ1n) is 6.13. The largest absolute Gasteiger partial charge is 0.315 e. The minimum atomic E-state index is -0.606. The number of pyridine rings is 1. The Labute approximate surface area is 122 Å². The summed E-state index contributed by atoms with van der Waals surface area (Å²) >= 11 is 3.45. The zero-order chi connectivity index (χ0) is 13.9. The molecule has 0 saturated heterocycles. The van der Waals surface area contributed by atoms with Crippen LogP contribution in [0.1, 0.15) is 11.3 Å². The van der Waals surface area contributed by atoms with Gasteiger partial charge in [-0.05, 0) is 43.9 Å². The summed E-state index contributed by atoms with van der Waals surface area (Å²) in [4.78, 5) is 6.52. The Bertz CT molecular complexity index is 525. The maximum absolute atomic E-state index is 6.67. The van der Waals surface area contributed by atoms with Crippen molar-refractivity contribution in [1.29, 1.82) is 0 Å². The molecule has 1 aromatic heterocycles. The Balaban J connectivity index is 2.48. The van der Waals surface area contributed by atoms with Crippen LogP contribution in [0.25, 0.3) is 0 Å². The van der Waals surface area contributed by atoms with Gasteiger partial charge in [0.2, 0.25) is 0 Å². The molecule has 0 aliphatic heterocycles. The molecule has 4 heteroatoms. The number of nitrogens with two attached hydrogens (primary N) is 1. The molecule has 3 nitrogen and oxygen atoms in total. The van der Waals surface area contributed by atoms with Crippen molar-refractivity contribution < 1.29 is 0 Å². The number of nitrogens with zero attached hydrogens (tertiary/aromatic N) is 2. The lowest BCUT2D eigenvalue weighted by molar-refractivity contribution is 0.317. The maximum Gasteiger partial charge on any atom is 0.0967 e. The minimum absolute atomic E-state index is 0.606. The number of benzene rings is 1. The molecule has 2 aromatic rings. The van der Waals surface area contributed by atoms with E-state index in [1.54, 1.807) is 6.20 Å². The molecule has 0 aliphatic rings. The number of likely N-dealkylation sites (N-methyl/N-ethyl adjacent to an activating group) is 1. The van der Waals surface area contributed by atoms with E-state index >= 15 is 0 Å². The summed E-state index contributed by atoms with van der Waals surface area (Å²) in [6, 6.07) is 14.0. The van der Waals surface area contributed by atoms with E-state index in [1.165, 1.54) is 0 Å². The van der Waals surface area contributed by atoms with Crippen LogP contribution in [0, 0.1) is 0 Å². The highest BCUT2D eigenvalue weighted by atomic mass is 79.9. The Kier molecular flexibility index (Phi) is 4.34. The Morgan fingerprint density at radius 2 is 1.84 bits per heavy atom. The van der Waals surface area contributed by atoms with Gasteiger partial charge in [0.25, 0.3) is 0 Å². The van der Waals surface area contributed by atoms with Gasteiger partial charge in [-0.2, -0.15) is 0 Å². The second-order valence-corrected chi connectivity index (χ2v) is 5.85. The van der Waals surface area contributed by atoms with Crippen LogP contribution in [0.2, 0.25) is 0 Å². The normalized spacial score (nSPS) is 14.4. The Morgan fingerprint density at radius 1 is 1.16 bits per heavy atom. The van der Waals surface area contributed by atoms with E-state index in [-0.39, 0.29) is 0 Å². The maximum atomic E-state index is 6.67. The summed E-state index contributed by atoms with van der Waals surface area (Å²) in [7, 11) is 4.03. The van der Waals surface area contributed by atoms with Crippen LogP contribution in [-0.2, 0) is 5.54 Å². The Morgan fingerprint density at radius 3 is 2.37 bits per heavy atom. The zero-order valence-electron chi connectivity index (χ0n) is 11.2. The smallest absolute Gasteiger partial charge is 0.0967 e. The molecule has 2 rings (SSSR count). The zero-order valence-corrected chi connectivity index (χ0v) is 12.8. The molecule has 1 heterocycles. The number of aromatic nitrogens is 1. The summed E-state index contributed by atoms with van der Waals surface area (Å²) in [5.41, 5.74) is 8.01. The lowest BCUT2D eigenvalue weighted by Gasteiger charge is -2.32. The molecule has 0 amide bonds. The highest BCUT2D eigenvalue weighted by Crippen LogP contribution is 2.27. The molecule has 2 N–H and O–H groups in total. The van der Waals surface area contributed by atoms with E-state index in [0.717, 1.165) is 15.7 Å². The lowest BCUT2D eigenvalue weighted by Crippen LogP contribution is -2.47. The average molecular weight is 320 g/mol. The van der Waals surface area contributed by atoms with Crippen LogP contribution in [0.3, 0.4) is 0 Å². The summed E-state index contributed by atoms with van der Waals surface area (Å²) in [5, 5.41) is 0. The fraction of sp³-hybridized carbons (Fsp3) is 0.267. The molecular weight excluding hydrogens is 302 g/mol. The third-order valence-corrected chi connectivity index (χ3v) is 3.58. The van der Waals surface area contributed by atoms with Gasteiger partial charge in [-0.15, -0.1) is 0 Å². The second kappa shape index (κ2) is 5.82. The quantitative estimate of drug-likeness (QED) is 0.942. The first-order valence-corrected chi connectivity index (χ1v) is 6.93. The minimum Gasteiger partial charge on any atom is -0.315 e. The van der Waals surface area contributed by atoms with Crippen molar-refractivity contribution >= 4 is 15.9 Å². The van der Waals surface area contributed by atoms with Gasteiger partial charge in [-0.1, -0.05) is 34.1 Å². The van der Waals surface area contributed by atoms with Crippen LogP contribution >= 0.6 is 15.9 Å². The van der Waals surface area contributed by atoms with Gasteiger partial charge < -0.3 is 10.6 Å². The average Bonchev–Trinajstić information content (AvgIpc) is 2.39. The van der Waals surface area contributed by atoms with Crippen LogP contribution in [0.5, 0.6) is 0 Å². The van der Waals surface area contributed by atoms with Crippen LogP contribution in [0.15, 0.2) is 53.1 Å². The number of hydrogen-bond donors (Lipinski definition) is 1. The third kappa shape index (κ3) is 3.21. The van der Waals surface area contributed by atoms with Crippen molar-refractivity contribution in [3.05, 3.63) is 64.4 Å². The van der Waals surface area contributed by atoms with E-state index in [4.69, 9.17) is 5.73 Å². The standard InChI is InChI=1S/C15H18BrN3/c1-19(2)11-15(17,14-5-3-4-10-18-14)12-6-8-13(16)9-7-12/h3-10H,11,17H2,1-2H3. The highest BCUT2D eigenvalue weighted by Gasteiger charge is 2.31. The summed E-state index contributed by atoms with van der Waals surface area (Å²) < 4.78 is 1.05. The van der Waals surface area contributed by atoms with Crippen molar-refractivity contribution in [1.82, 2.24) is 9.88 Å². The van der Waals surface area contributed by atoms with Crippen molar-refractivity contribution in [3.8, 4) is 0 Å². The van der Waals surface area contributed by atoms with Gasteiger partial charge in [0.05, 0.1) is 11.2 Å². The van der Waals surface area contributed by atoms with Crippen LogP contribution in [-0.4, -0.2) is 30.5 Å². The predicted molar refractivity (Wildman–Crippen MR) is 81.9 cm³/mol. The molecule has 0 spiro atoms. The molecule has 0 aliphatic carbocycles. The van der Waals surface area contributed by atoms with Gasteiger partial charge in [-0.3, -0.25) is 4.98 Å². The fourth-order valence-corrected chi connectivity index (χ4v) is 2.46. The molecule has 1 unspecified atom stereocenters. The van der Waals surface area contributed by atoms with Gasteiger partial charge in [0.15, 0.2) is 0 Å². The van der Waals surface area contributed by atoms with Crippen molar-refractivity contribution in [2.45, 2.75) is 5.54 Å². The molecule has 0 fully saturated rings. The molecule has 1 atom stereocenters. The fourth-order valence-electron chi connectivity index (χ4n) is 2.19. The summed E-state index contributed by atoms with van der Waals surface area (Å²) in [6.07, 6.45) is 1.78. The van der Waals surface area contributed by atoms with Gasteiger partial charge in [0.1, 0.15) is 0 Å². The van der Waals surface area contributed by atoms with Crippen molar-refractivity contribution in [2.75, 3.05) is 20.6 Å². The van der Waals surface area contributed by atoms with E-state index in [9.17, 15) is 0 Å². The monoisotopic (exact) mass is 319 g/mol. The van der Waals surface area contributed by atoms with E-state index in [0.29, 0.717) is 6.54 Å². The lowest BCUT2D eigenvalue weighted by atomic mass is 9.86. The van der Waals surface area contributed by atoms with Gasteiger partial charge in [0, 0.05) is 17.2 Å². The second-order valence-electron chi connectivity index (χ2n) is 4.93. The van der Waals surface area contributed by atoms with Gasteiger partial charge >= 0.3 is 0 Å². The van der Waals surface area contributed by atoms with E-state index < -0.39 is 5.54 Å².